The summed E-state index contributed by atoms with van der Waals surface area (Å²) in [5.74, 6) is -10.8. The van der Waals surface area contributed by atoms with Gasteiger partial charge in [0.25, 0.3) is 0 Å². The first kappa shape index (κ1) is 19.9. The van der Waals surface area contributed by atoms with Gasteiger partial charge in [0.15, 0.2) is 11.6 Å². The van der Waals surface area contributed by atoms with Crippen molar-refractivity contribution in [3.63, 3.8) is 0 Å². The van der Waals surface area contributed by atoms with E-state index in [0.717, 1.165) is 13.8 Å². The van der Waals surface area contributed by atoms with Crippen LogP contribution in [0.25, 0.3) is 0 Å². The fourth-order valence-corrected chi connectivity index (χ4v) is 2.54. The Morgan fingerprint density at radius 2 is 1.07 bits per heavy atom. The van der Waals surface area contributed by atoms with Gasteiger partial charge in [0.05, 0.1) is 9.85 Å². The van der Waals surface area contributed by atoms with E-state index in [1.165, 1.54) is 0 Å². The highest BCUT2D eigenvalue weighted by molar-refractivity contribution is 5.57. The van der Waals surface area contributed by atoms with Crippen LogP contribution in [0.1, 0.15) is 25.0 Å². The standard InChI is InChI=1S/C15H10F4N2O6/c1-15(2,5-3-7(20(24)25)13(22)11(18)9(5)16)6-4-8(21(26)27)14(23)12(19)10(6)17/h3-4,22-23H,1-2H3. The van der Waals surface area contributed by atoms with E-state index in [0.29, 0.717) is 12.1 Å². The minimum atomic E-state index is -2.08. The Hall–Kier alpha value is -3.44. The van der Waals surface area contributed by atoms with Crippen molar-refractivity contribution in [1.29, 1.82) is 0 Å². The number of aromatic hydroxyl groups is 2. The molecule has 8 nitrogen and oxygen atoms in total. The van der Waals surface area contributed by atoms with E-state index in [9.17, 15) is 48.0 Å². The van der Waals surface area contributed by atoms with Crippen molar-refractivity contribution < 1.29 is 37.6 Å². The summed E-state index contributed by atoms with van der Waals surface area (Å²) < 4.78 is 56.3. The molecular weight excluding hydrogens is 380 g/mol. The van der Waals surface area contributed by atoms with E-state index in [2.05, 4.69) is 0 Å². The van der Waals surface area contributed by atoms with E-state index in [-0.39, 0.29) is 0 Å². The van der Waals surface area contributed by atoms with Crippen LogP contribution in [0.2, 0.25) is 0 Å². The van der Waals surface area contributed by atoms with Gasteiger partial charge in [0, 0.05) is 28.7 Å². The molecule has 0 aliphatic rings. The topological polar surface area (TPSA) is 127 Å². The summed E-state index contributed by atoms with van der Waals surface area (Å²) in [6.45, 7) is 1.98. The monoisotopic (exact) mass is 390 g/mol. The first-order valence-electron chi connectivity index (χ1n) is 7.04. The molecule has 2 N–H and O–H groups in total. The van der Waals surface area contributed by atoms with E-state index in [4.69, 9.17) is 0 Å². The van der Waals surface area contributed by atoms with Gasteiger partial charge in [-0.2, -0.15) is 8.78 Å². The fraction of sp³-hybridized carbons (Fsp3) is 0.200. The molecule has 0 atom stereocenters. The third kappa shape index (κ3) is 2.98. The van der Waals surface area contributed by atoms with Crippen LogP contribution in [0.15, 0.2) is 12.1 Å². The summed E-state index contributed by atoms with van der Waals surface area (Å²) >= 11 is 0. The van der Waals surface area contributed by atoms with Gasteiger partial charge in [0.2, 0.25) is 23.1 Å². The zero-order valence-corrected chi connectivity index (χ0v) is 13.6. The summed E-state index contributed by atoms with van der Waals surface area (Å²) in [6, 6.07) is 0.813. The van der Waals surface area contributed by atoms with Gasteiger partial charge in [-0.1, -0.05) is 13.8 Å². The van der Waals surface area contributed by atoms with Crippen molar-refractivity contribution in [3.05, 3.63) is 66.8 Å². The maximum atomic E-state index is 14.3. The number of nitrogens with zero attached hydrogens (tertiary/aromatic N) is 2. The number of benzene rings is 2. The van der Waals surface area contributed by atoms with Crippen LogP contribution in [0.4, 0.5) is 28.9 Å². The zero-order chi connectivity index (χ0) is 20.8. The summed E-state index contributed by atoms with van der Waals surface area (Å²) in [5, 5.41) is 40.5. The third-order valence-corrected chi connectivity index (χ3v) is 4.06. The number of phenols is 2. The number of nitro benzene ring substituents is 2. The molecule has 0 bridgehead atoms. The molecule has 0 saturated heterocycles. The molecular formula is C15H10F4N2O6. The second-order valence-corrected chi connectivity index (χ2v) is 5.98. The largest absolute Gasteiger partial charge is 0.500 e. The zero-order valence-electron chi connectivity index (χ0n) is 13.6. The van der Waals surface area contributed by atoms with Crippen molar-refractivity contribution >= 4 is 11.4 Å². The quantitative estimate of drug-likeness (QED) is 0.464. The molecule has 144 valence electrons. The second-order valence-electron chi connectivity index (χ2n) is 5.98. The van der Waals surface area contributed by atoms with Crippen molar-refractivity contribution in [3.8, 4) is 11.5 Å². The Kier molecular flexibility index (Phi) is 4.69. The summed E-state index contributed by atoms with van der Waals surface area (Å²) in [4.78, 5) is 19.4. The minimum Gasteiger partial charge on any atom is -0.500 e. The smallest absolute Gasteiger partial charge is 0.314 e. The lowest BCUT2D eigenvalue weighted by atomic mass is 9.77. The molecule has 12 heteroatoms. The highest BCUT2D eigenvalue weighted by Crippen LogP contribution is 2.44. The highest BCUT2D eigenvalue weighted by atomic mass is 19.2. The Bertz CT molecular complexity index is 916. The van der Waals surface area contributed by atoms with E-state index < -0.39 is 72.5 Å². The fourth-order valence-electron chi connectivity index (χ4n) is 2.54. The molecule has 27 heavy (non-hydrogen) atoms. The molecule has 0 fully saturated rings. The van der Waals surface area contributed by atoms with Crippen molar-refractivity contribution in [2.45, 2.75) is 19.3 Å². The lowest BCUT2D eigenvalue weighted by molar-refractivity contribution is -0.386. The maximum Gasteiger partial charge on any atom is 0.314 e. The molecule has 0 aromatic heterocycles. The highest BCUT2D eigenvalue weighted by Gasteiger charge is 2.38. The van der Waals surface area contributed by atoms with E-state index in [1.807, 2.05) is 0 Å². The number of rotatable bonds is 4. The Labute approximate surface area is 147 Å². The molecule has 0 amide bonds. The SMILES string of the molecule is CC(C)(c1cc([N+](=O)[O-])c(O)c(F)c1F)c1cc([N+](=O)[O-])c(O)c(F)c1F. The van der Waals surface area contributed by atoms with Gasteiger partial charge >= 0.3 is 11.4 Å². The van der Waals surface area contributed by atoms with Crippen LogP contribution in [0, 0.1) is 43.5 Å². The van der Waals surface area contributed by atoms with Crippen LogP contribution in [0.5, 0.6) is 11.5 Å². The van der Waals surface area contributed by atoms with Crippen LogP contribution in [0.3, 0.4) is 0 Å². The number of phenolic OH excluding ortho intramolecular Hbond substituents is 2. The van der Waals surface area contributed by atoms with Gasteiger partial charge < -0.3 is 10.2 Å². The molecule has 2 aromatic rings. The number of nitro groups is 2. The average Bonchev–Trinajstić information content (AvgIpc) is 2.56. The molecule has 0 aliphatic heterocycles. The second kappa shape index (κ2) is 6.37. The molecule has 0 radical (unpaired) electrons. The first-order valence-corrected chi connectivity index (χ1v) is 7.04. The molecule has 0 spiro atoms. The summed E-state index contributed by atoms with van der Waals surface area (Å²) in [6.07, 6.45) is 0. The summed E-state index contributed by atoms with van der Waals surface area (Å²) in [5.41, 5.74) is -6.31. The number of hydrogen-bond acceptors (Lipinski definition) is 6. The third-order valence-electron chi connectivity index (χ3n) is 4.06. The van der Waals surface area contributed by atoms with Crippen molar-refractivity contribution in [1.82, 2.24) is 0 Å². The van der Waals surface area contributed by atoms with E-state index >= 15 is 0 Å². The molecule has 0 saturated carbocycles. The van der Waals surface area contributed by atoms with Gasteiger partial charge in [-0.15, -0.1) is 0 Å². The lowest BCUT2D eigenvalue weighted by Crippen LogP contribution is -2.24. The molecule has 2 rings (SSSR count). The van der Waals surface area contributed by atoms with Gasteiger partial charge in [-0.3, -0.25) is 20.2 Å². The molecule has 0 heterocycles. The Morgan fingerprint density at radius 3 is 1.33 bits per heavy atom. The van der Waals surface area contributed by atoms with Crippen molar-refractivity contribution in [2.24, 2.45) is 0 Å². The molecule has 0 aliphatic carbocycles. The molecule has 0 unspecified atom stereocenters. The minimum absolute atomic E-state index is 0.407. The van der Waals surface area contributed by atoms with Crippen LogP contribution >= 0.6 is 0 Å². The first-order chi connectivity index (χ1) is 12.3. The predicted octanol–water partition coefficient (Wildman–Crippen LogP) is 3.80. The normalized spacial score (nSPS) is 11.5. The van der Waals surface area contributed by atoms with Crippen LogP contribution in [-0.2, 0) is 5.41 Å². The van der Waals surface area contributed by atoms with Gasteiger partial charge in [-0.25, -0.2) is 8.78 Å². The number of halogens is 4. The van der Waals surface area contributed by atoms with Gasteiger partial charge in [-0.05, 0) is 0 Å². The van der Waals surface area contributed by atoms with E-state index in [1.54, 1.807) is 0 Å². The Balaban J connectivity index is 2.89. The van der Waals surface area contributed by atoms with Crippen LogP contribution < -0.4 is 0 Å². The average molecular weight is 390 g/mol. The van der Waals surface area contributed by atoms with Gasteiger partial charge in [0.1, 0.15) is 0 Å². The maximum absolute atomic E-state index is 14.3. The van der Waals surface area contributed by atoms with Crippen molar-refractivity contribution in [2.75, 3.05) is 0 Å². The predicted molar refractivity (Wildman–Crippen MR) is 81.5 cm³/mol. The van der Waals surface area contributed by atoms with Crippen LogP contribution in [-0.4, -0.2) is 20.1 Å². The molecule has 2 aromatic carbocycles. The summed E-state index contributed by atoms with van der Waals surface area (Å²) in [7, 11) is 0. The Morgan fingerprint density at radius 1 is 0.778 bits per heavy atom. The lowest BCUT2D eigenvalue weighted by Gasteiger charge is -2.27. The number of hydrogen-bond donors (Lipinski definition) is 2.